The first-order valence-electron chi connectivity index (χ1n) is 7.57. The van der Waals surface area contributed by atoms with Crippen molar-refractivity contribution in [3.63, 3.8) is 0 Å². The van der Waals surface area contributed by atoms with Crippen LogP contribution in [0.2, 0.25) is 0 Å². The van der Waals surface area contributed by atoms with E-state index in [2.05, 4.69) is 0 Å². The number of hydrogen-bond donors (Lipinski definition) is 1. The maximum Gasteiger partial charge on any atom is 0.225 e. The van der Waals surface area contributed by atoms with Gasteiger partial charge in [0.1, 0.15) is 0 Å². The second-order valence-electron chi connectivity index (χ2n) is 5.80. The van der Waals surface area contributed by atoms with Crippen LogP contribution in [0, 0.1) is 5.92 Å². The molecule has 20 heavy (non-hydrogen) atoms. The van der Waals surface area contributed by atoms with Crippen LogP contribution < -0.4 is 5.73 Å². The standard InChI is InChI=1S/C14H28N2O3S/c1-4-16(11(3)10-20(18,19)5-2)14(17)12-7-6-8-13(15)9-12/h11-13H,4-10,15H2,1-3H3. The quantitative estimate of drug-likeness (QED) is 0.799. The number of rotatable bonds is 6. The molecule has 5 nitrogen and oxygen atoms in total. The highest BCUT2D eigenvalue weighted by molar-refractivity contribution is 7.91. The molecule has 1 aliphatic carbocycles. The third-order valence-corrected chi connectivity index (χ3v) is 6.02. The van der Waals surface area contributed by atoms with E-state index in [9.17, 15) is 13.2 Å². The number of carbonyl (C=O) groups is 1. The molecule has 1 rings (SSSR count). The van der Waals surface area contributed by atoms with Gasteiger partial charge in [0.15, 0.2) is 9.84 Å². The van der Waals surface area contributed by atoms with Gasteiger partial charge in [0.25, 0.3) is 0 Å². The summed E-state index contributed by atoms with van der Waals surface area (Å²) in [5.74, 6) is 0.200. The predicted molar refractivity (Wildman–Crippen MR) is 81.1 cm³/mol. The van der Waals surface area contributed by atoms with Crippen LogP contribution in [0.5, 0.6) is 0 Å². The van der Waals surface area contributed by atoms with E-state index in [-0.39, 0.29) is 35.4 Å². The summed E-state index contributed by atoms with van der Waals surface area (Å²) in [5.41, 5.74) is 5.94. The Morgan fingerprint density at radius 1 is 1.35 bits per heavy atom. The second kappa shape index (κ2) is 7.41. The van der Waals surface area contributed by atoms with Crippen molar-refractivity contribution in [3.05, 3.63) is 0 Å². The van der Waals surface area contributed by atoms with Gasteiger partial charge in [-0.1, -0.05) is 13.3 Å². The zero-order valence-corrected chi connectivity index (χ0v) is 13.7. The fourth-order valence-electron chi connectivity index (χ4n) is 2.95. The summed E-state index contributed by atoms with van der Waals surface area (Å²) in [6, 6.07) is -0.165. The molecule has 0 heterocycles. The van der Waals surface area contributed by atoms with Gasteiger partial charge < -0.3 is 10.6 Å². The van der Waals surface area contributed by atoms with Crippen molar-refractivity contribution in [1.29, 1.82) is 0 Å². The van der Waals surface area contributed by atoms with Gasteiger partial charge in [-0.25, -0.2) is 8.42 Å². The largest absolute Gasteiger partial charge is 0.339 e. The summed E-state index contributed by atoms with van der Waals surface area (Å²) >= 11 is 0. The Morgan fingerprint density at radius 3 is 2.50 bits per heavy atom. The summed E-state index contributed by atoms with van der Waals surface area (Å²) in [6.45, 7) is 5.90. The normalized spacial score (nSPS) is 25.2. The summed E-state index contributed by atoms with van der Waals surface area (Å²) in [4.78, 5) is 14.3. The van der Waals surface area contributed by atoms with Gasteiger partial charge in [-0.05, 0) is 33.1 Å². The lowest BCUT2D eigenvalue weighted by Gasteiger charge is -2.34. The number of sulfone groups is 1. The lowest BCUT2D eigenvalue weighted by molar-refractivity contribution is -0.138. The van der Waals surface area contributed by atoms with Crippen LogP contribution in [0.25, 0.3) is 0 Å². The van der Waals surface area contributed by atoms with Gasteiger partial charge in [-0.2, -0.15) is 0 Å². The fourth-order valence-corrected chi connectivity index (χ4v) is 4.10. The minimum Gasteiger partial charge on any atom is -0.339 e. The highest BCUT2D eigenvalue weighted by atomic mass is 32.2. The molecule has 3 unspecified atom stereocenters. The third-order valence-electron chi connectivity index (χ3n) is 4.15. The van der Waals surface area contributed by atoms with Crippen molar-refractivity contribution < 1.29 is 13.2 Å². The van der Waals surface area contributed by atoms with Gasteiger partial charge in [0, 0.05) is 30.3 Å². The summed E-state index contributed by atoms with van der Waals surface area (Å²) < 4.78 is 23.4. The van der Waals surface area contributed by atoms with E-state index < -0.39 is 9.84 Å². The minimum absolute atomic E-state index is 0.0366. The molecule has 6 heteroatoms. The topological polar surface area (TPSA) is 80.5 Å². The molecule has 0 aromatic rings. The molecule has 0 bridgehead atoms. The Hall–Kier alpha value is -0.620. The summed E-state index contributed by atoms with van der Waals surface area (Å²) in [7, 11) is -3.07. The number of nitrogens with zero attached hydrogens (tertiary/aromatic N) is 1. The van der Waals surface area contributed by atoms with Crippen LogP contribution in [-0.4, -0.2) is 49.4 Å². The van der Waals surface area contributed by atoms with Gasteiger partial charge in [0.05, 0.1) is 5.75 Å². The Balaban J connectivity index is 2.71. The van der Waals surface area contributed by atoms with E-state index in [1.165, 1.54) is 0 Å². The average molecular weight is 304 g/mol. The molecule has 0 aromatic carbocycles. The minimum atomic E-state index is -3.07. The van der Waals surface area contributed by atoms with Crippen molar-refractivity contribution in [2.45, 2.75) is 58.5 Å². The lowest BCUT2D eigenvalue weighted by Crippen LogP contribution is -2.47. The van der Waals surface area contributed by atoms with Gasteiger partial charge >= 0.3 is 0 Å². The summed E-state index contributed by atoms with van der Waals surface area (Å²) in [6.07, 6.45) is 3.56. The van der Waals surface area contributed by atoms with Crippen LogP contribution >= 0.6 is 0 Å². The van der Waals surface area contributed by atoms with Crippen LogP contribution in [0.15, 0.2) is 0 Å². The fraction of sp³-hybridized carbons (Fsp3) is 0.929. The van der Waals surface area contributed by atoms with Crippen LogP contribution in [0.4, 0.5) is 0 Å². The molecule has 1 amide bonds. The Morgan fingerprint density at radius 2 is 2.00 bits per heavy atom. The maximum absolute atomic E-state index is 12.6. The smallest absolute Gasteiger partial charge is 0.225 e. The van der Waals surface area contributed by atoms with Crippen LogP contribution in [0.1, 0.15) is 46.5 Å². The number of amides is 1. The number of carbonyl (C=O) groups excluding carboxylic acids is 1. The van der Waals surface area contributed by atoms with Crippen molar-refractivity contribution in [2.75, 3.05) is 18.1 Å². The Labute approximate surface area is 122 Å². The van der Waals surface area contributed by atoms with Crippen molar-refractivity contribution in [3.8, 4) is 0 Å². The molecule has 0 spiro atoms. The van der Waals surface area contributed by atoms with Crippen molar-refractivity contribution in [2.24, 2.45) is 11.7 Å². The van der Waals surface area contributed by atoms with Gasteiger partial charge in [0.2, 0.25) is 5.91 Å². The molecule has 1 fully saturated rings. The molecular formula is C14H28N2O3S. The zero-order chi connectivity index (χ0) is 15.3. The van der Waals surface area contributed by atoms with Crippen LogP contribution in [0.3, 0.4) is 0 Å². The van der Waals surface area contributed by atoms with Gasteiger partial charge in [-0.15, -0.1) is 0 Å². The SMILES string of the molecule is CCN(C(=O)C1CCCC(N)C1)C(C)CS(=O)(=O)CC. The molecule has 0 saturated heterocycles. The Bertz CT molecular complexity index is 422. The Kier molecular flexibility index (Phi) is 6.45. The third kappa shape index (κ3) is 4.74. The van der Waals surface area contributed by atoms with Crippen LogP contribution in [-0.2, 0) is 14.6 Å². The van der Waals surface area contributed by atoms with E-state index in [4.69, 9.17) is 5.73 Å². The molecule has 1 saturated carbocycles. The molecule has 118 valence electrons. The van der Waals surface area contributed by atoms with E-state index >= 15 is 0 Å². The van der Waals surface area contributed by atoms with E-state index in [1.54, 1.807) is 11.8 Å². The highest BCUT2D eigenvalue weighted by Gasteiger charge is 2.31. The molecule has 2 N–H and O–H groups in total. The highest BCUT2D eigenvalue weighted by Crippen LogP contribution is 2.25. The second-order valence-corrected chi connectivity index (χ2v) is 8.19. The maximum atomic E-state index is 12.6. The predicted octanol–water partition coefficient (Wildman–Crippen LogP) is 1.18. The number of hydrogen-bond acceptors (Lipinski definition) is 4. The molecular weight excluding hydrogens is 276 g/mol. The monoisotopic (exact) mass is 304 g/mol. The van der Waals surface area contributed by atoms with Crippen molar-refractivity contribution >= 4 is 15.7 Å². The average Bonchev–Trinajstić information content (AvgIpc) is 2.38. The van der Waals surface area contributed by atoms with Gasteiger partial charge in [-0.3, -0.25) is 4.79 Å². The lowest BCUT2D eigenvalue weighted by atomic mass is 9.85. The van der Waals surface area contributed by atoms with E-state index in [0.717, 1.165) is 25.7 Å². The molecule has 1 aliphatic rings. The van der Waals surface area contributed by atoms with Crippen molar-refractivity contribution in [1.82, 2.24) is 4.90 Å². The van der Waals surface area contributed by atoms with E-state index in [0.29, 0.717) is 6.54 Å². The molecule has 0 aliphatic heterocycles. The first kappa shape index (κ1) is 17.4. The first-order chi connectivity index (χ1) is 9.30. The van der Waals surface area contributed by atoms with E-state index in [1.807, 2.05) is 13.8 Å². The first-order valence-corrected chi connectivity index (χ1v) is 9.39. The molecule has 0 aromatic heterocycles. The molecule has 0 radical (unpaired) electrons. The zero-order valence-electron chi connectivity index (χ0n) is 12.8. The summed E-state index contributed by atoms with van der Waals surface area (Å²) in [5, 5.41) is 0. The number of nitrogens with two attached hydrogens (primary N) is 1. The molecule has 3 atom stereocenters.